The van der Waals surface area contributed by atoms with Crippen LogP contribution in [0.25, 0.3) is 5.70 Å². The predicted molar refractivity (Wildman–Crippen MR) is 109 cm³/mol. The molecule has 2 aliphatic rings. The molecule has 28 heavy (non-hydrogen) atoms. The minimum Gasteiger partial charge on any atom is -0.431 e. The second-order valence-electron chi connectivity index (χ2n) is 8.30. The van der Waals surface area contributed by atoms with Crippen LogP contribution in [0, 0.1) is 5.41 Å². The van der Waals surface area contributed by atoms with Crippen LogP contribution in [0.5, 0.6) is 0 Å². The number of rotatable bonds is 5. The third-order valence-corrected chi connectivity index (χ3v) is 5.56. The Morgan fingerprint density at radius 1 is 1.25 bits per heavy atom. The summed E-state index contributed by atoms with van der Waals surface area (Å²) in [4.78, 5) is 21.2. The lowest BCUT2D eigenvalue weighted by molar-refractivity contribution is -0.124. The summed E-state index contributed by atoms with van der Waals surface area (Å²) < 4.78 is 7.37. The molecule has 0 radical (unpaired) electrons. The van der Waals surface area contributed by atoms with Gasteiger partial charge >= 0.3 is 0 Å². The molecule has 8 heteroatoms. The van der Waals surface area contributed by atoms with E-state index in [2.05, 4.69) is 26.9 Å². The lowest BCUT2D eigenvalue weighted by Gasteiger charge is -2.24. The summed E-state index contributed by atoms with van der Waals surface area (Å²) in [5.74, 6) is 0.715. The lowest BCUT2D eigenvalue weighted by Crippen LogP contribution is -2.31. The Morgan fingerprint density at radius 2 is 2.00 bits per heavy atom. The second-order valence-corrected chi connectivity index (χ2v) is 8.30. The molecule has 2 fully saturated rings. The SMILES string of the molecule is C=C(Nc1cn(C)nc1N1CCC(C)(C)C1=O)c1coc(N2CCCCC2)n1. The predicted octanol–water partition coefficient (Wildman–Crippen LogP) is 3.24. The van der Waals surface area contributed by atoms with Crippen molar-refractivity contribution >= 4 is 29.1 Å². The summed E-state index contributed by atoms with van der Waals surface area (Å²) in [6, 6.07) is 0.639. The maximum absolute atomic E-state index is 12.7. The number of hydrogen-bond donors (Lipinski definition) is 1. The number of nitrogens with zero attached hydrogens (tertiary/aromatic N) is 5. The van der Waals surface area contributed by atoms with E-state index in [0.717, 1.165) is 38.0 Å². The Morgan fingerprint density at radius 3 is 2.68 bits per heavy atom. The van der Waals surface area contributed by atoms with Gasteiger partial charge in [-0.3, -0.25) is 14.4 Å². The van der Waals surface area contributed by atoms with Crippen molar-refractivity contribution in [1.82, 2.24) is 14.8 Å². The van der Waals surface area contributed by atoms with Gasteiger partial charge in [0.2, 0.25) is 5.91 Å². The molecule has 0 bridgehead atoms. The normalized spacial score (nSPS) is 19.3. The van der Waals surface area contributed by atoms with Crippen molar-refractivity contribution < 1.29 is 9.21 Å². The summed E-state index contributed by atoms with van der Waals surface area (Å²) in [6.07, 6.45) is 7.87. The highest BCUT2D eigenvalue weighted by molar-refractivity contribution is 6.01. The molecule has 0 spiro atoms. The summed E-state index contributed by atoms with van der Waals surface area (Å²) in [5, 5.41) is 7.78. The number of carbonyl (C=O) groups excluding carboxylic acids is 1. The largest absolute Gasteiger partial charge is 0.431 e. The molecule has 4 rings (SSSR count). The van der Waals surface area contributed by atoms with Gasteiger partial charge in [0, 0.05) is 32.1 Å². The molecule has 1 N–H and O–H groups in total. The van der Waals surface area contributed by atoms with E-state index >= 15 is 0 Å². The number of amides is 1. The third-order valence-electron chi connectivity index (χ3n) is 5.56. The molecule has 0 saturated carbocycles. The molecular weight excluding hydrogens is 356 g/mol. The van der Waals surface area contributed by atoms with Crippen LogP contribution < -0.4 is 15.1 Å². The number of anilines is 3. The van der Waals surface area contributed by atoms with Crippen LogP contribution in [-0.4, -0.2) is 40.3 Å². The van der Waals surface area contributed by atoms with Gasteiger partial charge < -0.3 is 14.6 Å². The second kappa shape index (κ2) is 7.00. The van der Waals surface area contributed by atoms with E-state index in [1.54, 1.807) is 15.8 Å². The van der Waals surface area contributed by atoms with E-state index in [-0.39, 0.29) is 11.3 Å². The van der Waals surface area contributed by atoms with E-state index < -0.39 is 0 Å². The fourth-order valence-electron chi connectivity index (χ4n) is 3.79. The van der Waals surface area contributed by atoms with Crippen molar-refractivity contribution in [3.8, 4) is 0 Å². The van der Waals surface area contributed by atoms with Gasteiger partial charge in [-0.2, -0.15) is 10.1 Å². The molecule has 1 amide bonds. The van der Waals surface area contributed by atoms with E-state index in [4.69, 9.17) is 4.42 Å². The Kier molecular flexibility index (Phi) is 4.64. The fourth-order valence-corrected chi connectivity index (χ4v) is 3.79. The number of hydrogen-bond acceptors (Lipinski definition) is 6. The van der Waals surface area contributed by atoms with Crippen LogP contribution in [0.1, 0.15) is 45.2 Å². The molecule has 150 valence electrons. The first-order valence-corrected chi connectivity index (χ1v) is 9.87. The van der Waals surface area contributed by atoms with Gasteiger partial charge in [-0.05, 0) is 25.7 Å². The van der Waals surface area contributed by atoms with Gasteiger partial charge in [0.05, 0.1) is 11.9 Å². The Hall–Kier alpha value is -2.77. The van der Waals surface area contributed by atoms with Crippen molar-refractivity contribution in [2.24, 2.45) is 12.5 Å². The van der Waals surface area contributed by atoms with Crippen LogP contribution in [0.15, 0.2) is 23.5 Å². The van der Waals surface area contributed by atoms with E-state index in [0.29, 0.717) is 29.8 Å². The van der Waals surface area contributed by atoms with E-state index in [1.165, 1.54) is 6.42 Å². The van der Waals surface area contributed by atoms with Gasteiger partial charge in [-0.15, -0.1) is 0 Å². The molecule has 2 aromatic rings. The topological polar surface area (TPSA) is 79.4 Å². The molecule has 0 aliphatic carbocycles. The monoisotopic (exact) mass is 384 g/mol. The number of aromatic nitrogens is 3. The summed E-state index contributed by atoms with van der Waals surface area (Å²) in [5.41, 5.74) is 1.65. The highest BCUT2D eigenvalue weighted by atomic mass is 16.4. The van der Waals surface area contributed by atoms with Gasteiger partial charge in [-0.25, -0.2) is 0 Å². The van der Waals surface area contributed by atoms with Crippen molar-refractivity contribution in [1.29, 1.82) is 0 Å². The average molecular weight is 384 g/mol. The first kappa shape index (κ1) is 18.6. The van der Waals surface area contributed by atoms with Crippen LogP contribution >= 0.6 is 0 Å². The Bertz CT molecular complexity index is 890. The Balaban J connectivity index is 1.51. The van der Waals surface area contributed by atoms with E-state index in [1.807, 2.05) is 27.1 Å². The van der Waals surface area contributed by atoms with Crippen LogP contribution in [0.3, 0.4) is 0 Å². The molecule has 0 unspecified atom stereocenters. The Labute approximate surface area is 165 Å². The molecule has 0 atom stereocenters. The van der Waals surface area contributed by atoms with Crippen molar-refractivity contribution in [3.63, 3.8) is 0 Å². The zero-order valence-electron chi connectivity index (χ0n) is 16.9. The van der Waals surface area contributed by atoms with Crippen molar-refractivity contribution in [2.45, 2.75) is 39.5 Å². The molecule has 2 aliphatic heterocycles. The standard InChI is InChI=1S/C20H28N6O2/c1-14(16-13-28-19(22-16)25-9-6-5-7-10-25)21-15-12-24(4)23-17(15)26-11-8-20(2,3)18(26)27/h12-13,21H,1,5-11H2,2-4H3. The molecule has 8 nitrogen and oxygen atoms in total. The molecule has 0 aromatic carbocycles. The molecule has 4 heterocycles. The minimum atomic E-state index is -0.360. The maximum atomic E-state index is 12.7. The van der Waals surface area contributed by atoms with Crippen LogP contribution in [0.2, 0.25) is 0 Å². The number of carbonyl (C=O) groups is 1. The number of oxazole rings is 1. The van der Waals surface area contributed by atoms with Gasteiger partial charge in [0.1, 0.15) is 17.6 Å². The van der Waals surface area contributed by atoms with Crippen LogP contribution in [0.4, 0.5) is 17.5 Å². The summed E-state index contributed by atoms with van der Waals surface area (Å²) >= 11 is 0. The highest BCUT2D eigenvalue weighted by Crippen LogP contribution is 2.37. The van der Waals surface area contributed by atoms with Crippen LogP contribution in [-0.2, 0) is 11.8 Å². The summed E-state index contributed by atoms with van der Waals surface area (Å²) in [6.45, 7) is 10.7. The molecule has 2 saturated heterocycles. The number of nitrogens with one attached hydrogen (secondary N) is 1. The minimum absolute atomic E-state index is 0.0914. The third kappa shape index (κ3) is 3.39. The van der Waals surface area contributed by atoms with Crippen molar-refractivity contribution in [2.75, 3.05) is 34.8 Å². The highest BCUT2D eigenvalue weighted by Gasteiger charge is 2.41. The first-order chi connectivity index (χ1) is 13.3. The zero-order valence-corrected chi connectivity index (χ0v) is 16.9. The van der Waals surface area contributed by atoms with Gasteiger partial charge in [0.25, 0.3) is 6.01 Å². The van der Waals surface area contributed by atoms with E-state index in [9.17, 15) is 4.79 Å². The quantitative estimate of drug-likeness (QED) is 0.852. The smallest absolute Gasteiger partial charge is 0.297 e. The first-order valence-electron chi connectivity index (χ1n) is 9.87. The lowest BCUT2D eigenvalue weighted by atomic mass is 9.92. The molecule has 2 aromatic heterocycles. The van der Waals surface area contributed by atoms with Crippen molar-refractivity contribution in [3.05, 3.63) is 24.7 Å². The fraction of sp³-hybridized carbons (Fsp3) is 0.550. The number of aryl methyl sites for hydroxylation is 1. The molecular formula is C20H28N6O2. The summed E-state index contributed by atoms with van der Waals surface area (Å²) in [7, 11) is 1.84. The van der Waals surface area contributed by atoms with Gasteiger partial charge in [-0.1, -0.05) is 20.4 Å². The average Bonchev–Trinajstić information content (AvgIpc) is 3.35. The number of piperidine rings is 1. The zero-order chi connectivity index (χ0) is 19.9. The maximum Gasteiger partial charge on any atom is 0.297 e. The van der Waals surface area contributed by atoms with Gasteiger partial charge in [0.15, 0.2) is 5.82 Å².